The number of hydrogen-bond acceptors (Lipinski definition) is 6. The van der Waals surface area contributed by atoms with Gasteiger partial charge in [0.05, 0.1) is 5.39 Å². The summed E-state index contributed by atoms with van der Waals surface area (Å²) in [5.41, 5.74) is 1.59. The highest BCUT2D eigenvalue weighted by atomic mass is 35.5. The van der Waals surface area contributed by atoms with Gasteiger partial charge in [-0.2, -0.15) is 0 Å². The number of fused-ring (bicyclic) bond motifs is 1. The number of benzene rings is 1. The Balaban J connectivity index is 1.64. The van der Waals surface area contributed by atoms with Gasteiger partial charge in [0.1, 0.15) is 17.0 Å². The standard InChI is InChI=1S/C14H8ClN5OS/c15-9-3-1-8(2-4-9)12-19-20-14(21-12)22-13-10-5-6-16-11(10)17-7-18-13/h1-7H,(H,16,17,18). The lowest BCUT2D eigenvalue weighted by molar-refractivity contribution is 0.465. The fourth-order valence-electron chi connectivity index (χ4n) is 1.97. The van der Waals surface area contributed by atoms with Crippen LogP contribution in [0.1, 0.15) is 0 Å². The minimum Gasteiger partial charge on any atom is -0.411 e. The highest BCUT2D eigenvalue weighted by Gasteiger charge is 2.13. The van der Waals surface area contributed by atoms with Crippen molar-refractivity contribution in [2.45, 2.75) is 10.2 Å². The van der Waals surface area contributed by atoms with Gasteiger partial charge in [0.25, 0.3) is 5.22 Å². The second-order valence-electron chi connectivity index (χ2n) is 4.40. The van der Waals surface area contributed by atoms with Gasteiger partial charge in [-0.1, -0.05) is 11.6 Å². The Morgan fingerprint density at radius 1 is 1.05 bits per heavy atom. The third kappa shape index (κ3) is 2.44. The third-order valence-electron chi connectivity index (χ3n) is 3.00. The second kappa shape index (κ2) is 5.43. The van der Waals surface area contributed by atoms with Crippen LogP contribution in [0.5, 0.6) is 0 Å². The number of halogens is 1. The monoisotopic (exact) mass is 329 g/mol. The predicted molar refractivity (Wildman–Crippen MR) is 82.8 cm³/mol. The molecule has 0 aliphatic carbocycles. The summed E-state index contributed by atoms with van der Waals surface area (Å²) in [6.07, 6.45) is 3.31. The molecule has 0 saturated carbocycles. The molecule has 0 saturated heterocycles. The molecule has 1 N–H and O–H groups in total. The molecule has 0 amide bonds. The summed E-state index contributed by atoms with van der Waals surface area (Å²) < 4.78 is 5.67. The van der Waals surface area contributed by atoms with Crippen LogP contribution in [0.4, 0.5) is 0 Å². The zero-order chi connectivity index (χ0) is 14.9. The van der Waals surface area contributed by atoms with Crippen molar-refractivity contribution in [1.82, 2.24) is 25.1 Å². The van der Waals surface area contributed by atoms with E-state index in [4.69, 9.17) is 16.0 Å². The SMILES string of the molecule is Clc1ccc(-c2nnc(Sc3ncnc4[nH]ccc34)o2)cc1. The average molecular weight is 330 g/mol. The third-order valence-corrected chi connectivity index (χ3v) is 4.11. The molecule has 0 fully saturated rings. The Hall–Kier alpha value is -2.38. The van der Waals surface area contributed by atoms with Crippen molar-refractivity contribution < 1.29 is 4.42 Å². The lowest BCUT2D eigenvalue weighted by atomic mass is 10.2. The Morgan fingerprint density at radius 2 is 1.91 bits per heavy atom. The highest BCUT2D eigenvalue weighted by Crippen LogP contribution is 2.31. The molecule has 0 radical (unpaired) electrons. The number of nitrogens with zero attached hydrogens (tertiary/aromatic N) is 4. The van der Waals surface area contributed by atoms with Gasteiger partial charge in [-0.3, -0.25) is 0 Å². The first-order valence-electron chi connectivity index (χ1n) is 6.35. The van der Waals surface area contributed by atoms with Crippen LogP contribution in [0.2, 0.25) is 5.02 Å². The number of nitrogens with one attached hydrogen (secondary N) is 1. The molecule has 6 nitrogen and oxygen atoms in total. The molecule has 3 heterocycles. The normalized spacial score (nSPS) is 11.1. The van der Waals surface area contributed by atoms with E-state index in [9.17, 15) is 0 Å². The van der Waals surface area contributed by atoms with Crippen molar-refractivity contribution in [3.05, 3.63) is 47.9 Å². The number of rotatable bonds is 3. The summed E-state index contributed by atoms with van der Waals surface area (Å²) in [4.78, 5) is 11.4. The molecule has 0 aliphatic rings. The van der Waals surface area contributed by atoms with Crippen molar-refractivity contribution in [2.75, 3.05) is 0 Å². The van der Waals surface area contributed by atoms with E-state index < -0.39 is 0 Å². The van der Waals surface area contributed by atoms with Crippen LogP contribution in [0, 0.1) is 0 Å². The summed E-state index contributed by atoms with van der Waals surface area (Å²) in [6, 6.07) is 9.14. The van der Waals surface area contributed by atoms with Crippen LogP contribution >= 0.6 is 23.4 Å². The van der Waals surface area contributed by atoms with Crippen LogP contribution < -0.4 is 0 Å². The number of hydrogen-bond donors (Lipinski definition) is 1. The van der Waals surface area contributed by atoms with E-state index in [1.54, 1.807) is 12.1 Å². The van der Waals surface area contributed by atoms with Crippen molar-refractivity contribution in [3.8, 4) is 11.5 Å². The maximum atomic E-state index is 5.87. The molecule has 0 bridgehead atoms. The zero-order valence-corrected chi connectivity index (χ0v) is 12.6. The molecule has 4 aromatic rings. The van der Waals surface area contributed by atoms with Gasteiger partial charge >= 0.3 is 0 Å². The topological polar surface area (TPSA) is 80.5 Å². The smallest absolute Gasteiger partial charge is 0.283 e. The van der Waals surface area contributed by atoms with Gasteiger partial charge in [0.15, 0.2) is 0 Å². The first kappa shape index (κ1) is 13.3. The molecule has 3 aromatic heterocycles. The number of aromatic nitrogens is 5. The summed E-state index contributed by atoms with van der Waals surface area (Å²) >= 11 is 7.17. The number of aromatic amines is 1. The second-order valence-corrected chi connectivity index (χ2v) is 5.78. The fraction of sp³-hybridized carbons (Fsp3) is 0. The van der Waals surface area contributed by atoms with E-state index in [0.717, 1.165) is 21.6 Å². The van der Waals surface area contributed by atoms with Gasteiger partial charge in [-0.15, -0.1) is 10.2 Å². The fourth-order valence-corrected chi connectivity index (χ4v) is 2.84. The summed E-state index contributed by atoms with van der Waals surface area (Å²) in [7, 11) is 0. The maximum Gasteiger partial charge on any atom is 0.283 e. The van der Waals surface area contributed by atoms with Crippen LogP contribution in [0.25, 0.3) is 22.5 Å². The molecule has 0 unspecified atom stereocenters. The molecule has 8 heteroatoms. The van der Waals surface area contributed by atoms with E-state index in [2.05, 4.69) is 25.1 Å². The van der Waals surface area contributed by atoms with E-state index >= 15 is 0 Å². The Bertz CT molecular complexity index is 934. The van der Waals surface area contributed by atoms with E-state index in [-0.39, 0.29) is 0 Å². The van der Waals surface area contributed by atoms with E-state index in [0.29, 0.717) is 16.1 Å². The predicted octanol–water partition coefficient (Wildman–Crippen LogP) is 3.81. The Kier molecular flexibility index (Phi) is 3.28. The Morgan fingerprint density at radius 3 is 2.77 bits per heavy atom. The van der Waals surface area contributed by atoms with Gasteiger partial charge in [-0.25, -0.2) is 9.97 Å². The lowest BCUT2D eigenvalue weighted by Gasteiger charge is -1.97. The first-order chi connectivity index (χ1) is 10.8. The zero-order valence-electron chi connectivity index (χ0n) is 11.0. The average Bonchev–Trinajstić information content (AvgIpc) is 3.17. The summed E-state index contributed by atoms with van der Waals surface area (Å²) in [5.74, 6) is 0.443. The van der Waals surface area contributed by atoms with Crippen LogP contribution in [-0.4, -0.2) is 25.1 Å². The Labute approximate surface area is 134 Å². The van der Waals surface area contributed by atoms with Crippen molar-refractivity contribution in [3.63, 3.8) is 0 Å². The molecule has 22 heavy (non-hydrogen) atoms. The molecule has 4 rings (SSSR count). The largest absolute Gasteiger partial charge is 0.411 e. The van der Waals surface area contributed by atoms with Gasteiger partial charge in [-0.05, 0) is 42.1 Å². The minimum atomic E-state index is 0.422. The molecule has 0 aliphatic heterocycles. The molecule has 0 spiro atoms. The van der Waals surface area contributed by atoms with Crippen LogP contribution in [-0.2, 0) is 0 Å². The van der Waals surface area contributed by atoms with E-state index in [1.165, 1.54) is 18.1 Å². The van der Waals surface area contributed by atoms with Gasteiger partial charge in [0, 0.05) is 16.8 Å². The molecule has 0 atom stereocenters. The maximum absolute atomic E-state index is 5.87. The molecule has 1 aromatic carbocycles. The van der Waals surface area contributed by atoms with Crippen molar-refractivity contribution in [1.29, 1.82) is 0 Å². The molecule has 108 valence electrons. The van der Waals surface area contributed by atoms with Gasteiger partial charge < -0.3 is 9.40 Å². The lowest BCUT2D eigenvalue weighted by Crippen LogP contribution is -1.84. The quantitative estimate of drug-likeness (QED) is 0.576. The van der Waals surface area contributed by atoms with Crippen LogP contribution in [0.15, 0.2) is 57.5 Å². The molecular weight excluding hydrogens is 322 g/mol. The summed E-state index contributed by atoms with van der Waals surface area (Å²) in [5, 5.41) is 10.9. The van der Waals surface area contributed by atoms with Crippen molar-refractivity contribution >= 4 is 34.4 Å². The van der Waals surface area contributed by atoms with E-state index in [1.807, 2.05) is 24.4 Å². The van der Waals surface area contributed by atoms with Crippen LogP contribution in [0.3, 0.4) is 0 Å². The summed E-state index contributed by atoms with van der Waals surface area (Å²) in [6.45, 7) is 0. The van der Waals surface area contributed by atoms with Crippen molar-refractivity contribution in [2.24, 2.45) is 0 Å². The molecular formula is C14H8ClN5OS. The highest BCUT2D eigenvalue weighted by molar-refractivity contribution is 7.99. The first-order valence-corrected chi connectivity index (χ1v) is 7.54. The number of H-pyrrole nitrogens is 1. The minimum absolute atomic E-state index is 0.422. The van der Waals surface area contributed by atoms with Gasteiger partial charge in [0.2, 0.25) is 5.89 Å².